The number of alkyl halides is 3. The number of rotatable bonds is 5. The Morgan fingerprint density at radius 2 is 1.97 bits per heavy atom. The van der Waals surface area contributed by atoms with Gasteiger partial charge in [0.2, 0.25) is 5.91 Å². The van der Waals surface area contributed by atoms with Crippen LogP contribution in [-0.4, -0.2) is 29.0 Å². The van der Waals surface area contributed by atoms with E-state index in [2.05, 4.69) is 10.6 Å². The highest BCUT2D eigenvalue weighted by Gasteiger charge is 2.32. The number of benzene rings is 2. The van der Waals surface area contributed by atoms with Crippen molar-refractivity contribution in [3.8, 4) is 0 Å². The molecule has 0 aliphatic carbocycles. The number of hydrogen-bond acceptors (Lipinski definition) is 3. The third-order valence-electron chi connectivity index (χ3n) is 4.70. The van der Waals surface area contributed by atoms with Crippen LogP contribution >= 0.6 is 12.2 Å². The number of carbonyl (C=O) groups is 1. The van der Waals surface area contributed by atoms with Gasteiger partial charge < -0.3 is 21.3 Å². The van der Waals surface area contributed by atoms with Gasteiger partial charge in [-0.3, -0.25) is 4.79 Å². The second-order valence-electron chi connectivity index (χ2n) is 6.80. The Bertz CT molecular complexity index is 903. The summed E-state index contributed by atoms with van der Waals surface area (Å²) in [6.45, 7) is 0.786. The Morgan fingerprint density at radius 3 is 2.62 bits per heavy atom. The van der Waals surface area contributed by atoms with E-state index in [0.717, 1.165) is 18.6 Å². The van der Waals surface area contributed by atoms with Crippen molar-refractivity contribution in [2.24, 2.45) is 0 Å². The van der Waals surface area contributed by atoms with E-state index in [1.165, 1.54) is 6.07 Å². The van der Waals surface area contributed by atoms with E-state index in [-0.39, 0.29) is 17.6 Å². The van der Waals surface area contributed by atoms with Crippen molar-refractivity contribution >= 4 is 34.6 Å². The van der Waals surface area contributed by atoms with E-state index >= 15 is 0 Å². The maximum absolute atomic E-state index is 13.2. The third kappa shape index (κ3) is 5.38. The number of thiocarbonyl (C=S) groups is 1. The van der Waals surface area contributed by atoms with Gasteiger partial charge in [-0.05, 0) is 48.5 Å². The first-order chi connectivity index (χ1) is 13.7. The first kappa shape index (κ1) is 20.9. The summed E-state index contributed by atoms with van der Waals surface area (Å²) in [7, 11) is 0. The largest absolute Gasteiger partial charge is 0.416 e. The summed E-state index contributed by atoms with van der Waals surface area (Å²) in [5, 5.41) is 6.21. The zero-order valence-corrected chi connectivity index (χ0v) is 16.3. The van der Waals surface area contributed by atoms with Crippen LogP contribution in [0.15, 0.2) is 48.5 Å². The van der Waals surface area contributed by atoms with Crippen LogP contribution in [0.2, 0.25) is 0 Å². The molecule has 9 heteroatoms. The highest BCUT2D eigenvalue weighted by molar-refractivity contribution is 7.80. The number of nitrogens with zero attached hydrogens (tertiary/aromatic N) is 1. The number of halogens is 3. The van der Waals surface area contributed by atoms with Crippen molar-refractivity contribution in [1.29, 1.82) is 0 Å². The zero-order chi connectivity index (χ0) is 21.0. The number of nitrogen functional groups attached to an aromatic ring is 1. The summed E-state index contributed by atoms with van der Waals surface area (Å²) >= 11 is 5.35. The molecule has 4 N–H and O–H groups in total. The molecule has 0 saturated carbocycles. The lowest BCUT2D eigenvalue weighted by Gasteiger charge is -2.27. The van der Waals surface area contributed by atoms with Gasteiger partial charge in [-0.2, -0.15) is 13.2 Å². The SMILES string of the molecule is Nc1ccccc1NC(=S)NC(CN1CCCC1=O)c1cccc(C(F)(F)F)c1. The van der Waals surface area contributed by atoms with Crippen molar-refractivity contribution in [1.82, 2.24) is 10.2 Å². The lowest BCUT2D eigenvalue weighted by atomic mass is 10.0. The number of amides is 1. The Hall–Kier alpha value is -2.81. The fourth-order valence-corrected chi connectivity index (χ4v) is 3.46. The highest BCUT2D eigenvalue weighted by atomic mass is 32.1. The van der Waals surface area contributed by atoms with E-state index in [1.54, 1.807) is 35.2 Å². The fourth-order valence-electron chi connectivity index (χ4n) is 3.21. The Kier molecular flexibility index (Phi) is 6.26. The maximum atomic E-state index is 13.2. The minimum absolute atomic E-state index is 0.0186. The van der Waals surface area contributed by atoms with Gasteiger partial charge in [-0.15, -0.1) is 0 Å². The lowest BCUT2D eigenvalue weighted by molar-refractivity contribution is -0.137. The highest BCUT2D eigenvalue weighted by Crippen LogP contribution is 2.31. The van der Waals surface area contributed by atoms with Crippen LogP contribution in [0.25, 0.3) is 0 Å². The summed E-state index contributed by atoms with van der Waals surface area (Å²) in [6.07, 6.45) is -3.28. The van der Waals surface area contributed by atoms with E-state index in [0.29, 0.717) is 29.9 Å². The quantitative estimate of drug-likeness (QED) is 0.503. The summed E-state index contributed by atoms with van der Waals surface area (Å²) < 4.78 is 39.5. The molecule has 1 unspecified atom stereocenters. The van der Waals surface area contributed by atoms with Crippen molar-refractivity contribution in [3.63, 3.8) is 0 Å². The number of nitrogens with two attached hydrogens (primary N) is 1. The normalized spacial score (nSPS) is 15.3. The molecule has 2 aromatic carbocycles. The summed E-state index contributed by atoms with van der Waals surface area (Å²) in [6, 6.07) is 11.4. The molecular weight excluding hydrogens is 401 g/mol. The maximum Gasteiger partial charge on any atom is 0.416 e. The van der Waals surface area contributed by atoms with Crippen molar-refractivity contribution in [3.05, 3.63) is 59.7 Å². The molecule has 0 radical (unpaired) electrons. The molecule has 1 atom stereocenters. The number of carbonyl (C=O) groups excluding carboxylic acids is 1. The summed E-state index contributed by atoms with van der Waals surface area (Å²) in [4.78, 5) is 13.7. The Balaban J connectivity index is 1.82. The van der Waals surface area contributed by atoms with Crippen molar-refractivity contribution in [2.45, 2.75) is 25.1 Å². The Morgan fingerprint density at radius 1 is 1.21 bits per heavy atom. The van der Waals surface area contributed by atoms with Gasteiger partial charge in [0.25, 0.3) is 0 Å². The minimum Gasteiger partial charge on any atom is -0.397 e. The van der Waals surface area contributed by atoms with Gasteiger partial charge in [0.1, 0.15) is 0 Å². The monoisotopic (exact) mass is 422 g/mol. The first-order valence-corrected chi connectivity index (χ1v) is 9.52. The molecule has 0 aromatic heterocycles. The predicted octanol–water partition coefficient (Wildman–Crippen LogP) is 3.94. The first-order valence-electron chi connectivity index (χ1n) is 9.11. The number of likely N-dealkylation sites (tertiary alicyclic amines) is 1. The summed E-state index contributed by atoms with van der Waals surface area (Å²) in [5.74, 6) is -0.0186. The summed E-state index contributed by atoms with van der Waals surface area (Å²) in [5.41, 5.74) is 6.62. The zero-order valence-electron chi connectivity index (χ0n) is 15.5. The molecule has 0 spiro atoms. The number of para-hydroxylation sites is 2. The molecule has 3 rings (SSSR count). The number of nitrogens with one attached hydrogen (secondary N) is 2. The molecular formula is C20H21F3N4OS. The van der Waals surface area contributed by atoms with Crippen molar-refractivity contribution < 1.29 is 18.0 Å². The van der Waals surface area contributed by atoms with E-state index in [9.17, 15) is 18.0 Å². The predicted molar refractivity (Wildman–Crippen MR) is 110 cm³/mol. The van der Waals surface area contributed by atoms with E-state index in [1.807, 2.05) is 0 Å². The van der Waals surface area contributed by atoms with Gasteiger partial charge in [-0.25, -0.2) is 0 Å². The van der Waals surface area contributed by atoms with Crippen LogP contribution in [0, 0.1) is 0 Å². The minimum atomic E-state index is -4.46. The van der Waals surface area contributed by atoms with Crippen LogP contribution < -0.4 is 16.4 Å². The van der Waals surface area contributed by atoms with E-state index in [4.69, 9.17) is 18.0 Å². The molecule has 1 aliphatic heterocycles. The van der Waals surface area contributed by atoms with Gasteiger partial charge in [0.05, 0.1) is 23.0 Å². The van der Waals surface area contributed by atoms with Crippen LogP contribution in [0.3, 0.4) is 0 Å². The molecule has 154 valence electrons. The van der Waals surface area contributed by atoms with Crippen molar-refractivity contribution in [2.75, 3.05) is 24.1 Å². The lowest BCUT2D eigenvalue weighted by Crippen LogP contribution is -2.40. The second kappa shape index (κ2) is 8.69. The molecule has 29 heavy (non-hydrogen) atoms. The Labute approximate surface area is 172 Å². The van der Waals surface area contributed by atoms with Crippen LogP contribution in [0.1, 0.15) is 30.0 Å². The smallest absolute Gasteiger partial charge is 0.397 e. The fraction of sp³-hybridized carbons (Fsp3) is 0.300. The van der Waals surface area contributed by atoms with Crippen LogP contribution in [-0.2, 0) is 11.0 Å². The topological polar surface area (TPSA) is 70.4 Å². The van der Waals surface area contributed by atoms with Crippen LogP contribution in [0.5, 0.6) is 0 Å². The molecule has 1 heterocycles. The molecule has 1 saturated heterocycles. The van der Waals surface area contributed by atoms with Crippen LogP contribution in [0.4, 0.5) is 24.5 Å². The molecule has 1 amide bonds. The van der Waals surface area contributed by atoms with Gasteiger partial charge in [-0.1, -0.05) is 24.3 Å². The molecule has 2 aromatic rings. The molecule has 0 bridgehead atoms. The number of anilines is 2. The number of hydrogen-bond donors (Lipinski definition) is 3. The third-order valence-corrected chi connectivity index (χ3v) is 4.92. The average molecular weight is 422 g/mol. The average Bonchev–Trinajstić information content (AvgIpc) is 3.07. The second-order valence-corrected chi connectivity index (χ2v) is 7.21. The van der Waals surface area contributed by atoms with Gasteiger partial charge in [0.15, 0.2) is 5.11 Å². The molecule has 1 fully saturated rings. The van der Waals surface area contributed by atoms with E-state index < -0.39 is 17.8 Å². The van der Waals surface area contributed by atoms with Gasteiger partial charge in [0, 0.05) is 19.5 Å². The molecule has 5 nitrogen and oxygen atoms in total. The standard InChI is InChI=1S/C20H21F3N4OS/c21-20(22,23)14-6-3-5-13(11-14)17(12-27-10-4-9-18(27)28)26-19(29)25-16-8-2-1-7-15(16)24/h1-3,5-8,11,17H,4,9-10,12,24H2,(H2,25,26,29). The molecule has 1 aliphatic rings. The van der Waals surface area contributed by atoms with Gasteiger partial charge >= 0.3 is 6.18 Å².